The predicted molar refractivity (Wildman–Crippen MR) is 62.5 cm³/mol. The summed E-state index contributed by atoms with van der Waals surface area (Å²) in [4.78, 5) is 2.04. The molecule has 0 amide bonds. The number of para-hydroxylation sites is 2. The third kappa shape index (κ3) is 3.80. The molecule has 0 radical (unpaired) electrons. The quantitative estimate of drug-likeness (QED) is 0.729. The molecule has 3 heteroatoms. The Balaban J connectivity index is 2.40. The van der Waals surface area contributed by atoms with E-state index in [4.69, 9.17) is 4.74 Å². The molecular formula is C12H19NO2. The fraction of sp³-hybridized carbons (Fsp3) is 0.500. The van der Waals surface area contributed by atoms with Crippen molar-refractivity contribution in [1.29, 1.82) is 0 Å². The summed E-state index contributed by atoms with van der Waals surface area (Å²) in [6, 6.07) is 7.37. The number of nitrogens with zero attached hydrogens (tertiary/aromatic N) is 1. The molecule has 0 aliphatic heterocycles. The molecule has 0 heterocycles. The Kier molecular flexibility index (Phi) is 4.98. The Bertz CT molecular complexity index is 289. The average molecular weight is 209 g/mol. The fourth-order valence-corrected chi connectivity index (χ4v) is 1.46. The zero-order valence-electron chi connectivity index (χ0n) is 9.44. The lowest BCUT2D eigenvalue weighted by molar-refractivity contribution is 0.146. The molecule has 0 fully saturated rings. The van der Waals surface area contributed by atoms with Crippen LogP contribution in [0.15, 0.2) is 24.3 Å². The van der Waals surface area contributed by atoms with E-state index < -0.39 is 0 Å². The van der Waals surface area contributed by atoms with Crippen LogP contribution in [0.4, 0.5) is 5.69 Å². The molecule has 0 aliphatic carbocycles. The third-order valence-electron chi connectivity index (χ3n) is 2.28. The van der Waals surface area contributed by atoms with Crippen LogP contribution in [0.1, 0.15) is 13.3 Å². The summed E-state index contributed by atoms with van der Waals surface area (Å²) in [7, 11) is 1.97. The molecule has 0 aliphatic rings. The number of benzene rings is 1. The van der Waals surface area contributed by atoms with Gasteiger partial charge in [-0.25, -0.2) is 0 Å². The zero-order valence-corrected chi connectivity index (χ0v) is 9.44. The van der Waals surface area contributed by atoms with Gasteiger partial charge < -0.3 is 14.7 Å². The zero-order chi connectivity index (χ0) is 11.1. The molecule has 0 saturated heterocycles. The Hall–Kier alpha value is -1.22. The minimum atomic E-state index is 0.330. The van der Waals surface area contributed by atoms with Crippen molar-refractivity contribution in [2.24, 2.45) is 0 Å². The Labute approximate surface area is 91.3 Å². The molecule has 1 N–H and O–H groups in total. The second-order valence-electron chi connectivity index (χ2n) is 3.46. The summed E-state index contributed by atoms with van der Waals surface area (Å²) >= 11 is 0. The Morgan fingerprint density at radius 1 is 1.33 bits per heavy atom. The number of hydrogen-bond acceptors (Lipinski definition) is 3. The SMILES string of the molecule is CCOCCCN(C)c1ccccc1O. The van der Waals surface area contributed by atoms with Gasteiger partial charge in [0.25, 0.3) is 0 Å². The maximum atomic E-state index is 9.61. The summed E-state index contributed by atoms with van der Waals surface area (Å²) < 4.78 is 5.26. The number of aromatic hydroxyl groups is 1. The van der Waals surface area contributed by atoms with Gasteiger partial charge in [-0.05, 0) is 25.5 Å². The molecule has 1 aromatic rings. The van der Waals surface area contributed by atoms with E-state index in [1.165, 1.54) is 0 Å². The molecule has 0 bridgehead atoms. The molecule has 0 atom stereocenters. The minimum absolute atomic E-state index is 0.330. The first-order chi connectivity index (χ1) is 7.25. The van der Waals surface area contributed by atoms with Gasteiger partial charge in [0.2, 0.25) is 0 Å². The van der Waals surface area contributed by atoms with Crippen LogP contribution >= 0.6 is 0 Å². The summed E-state index contributed by atoms with van der Waals surface area (Å²) in [6.07, 6.45) is 0.971. The van der Waals surface area contributed by atoms with Crippen LogP contribution in [0.2, 0.25) is 0 Å². The lowest BCUT2D eigenvalue weighted by atomic mass is 10.2. The molecule has 1 rings (SSSR count). The second kappa shape index (κ2) is 6.30. The lowest BCUT2D eigenvalue weighted by Gasteiger charge is -2.20. The van der Waals surface area contributed by atoms with E-state index in [9.17, 15) is 5.11 Å². The number of hydrogen-bond donors (Lipinski definition) is 1. The van der Waals surface area contributed by atoms with Crippen molar-refractivity contribution in [2.45, 2.75) is 13.3 Å². The molecular weight excluding hydrogens is 190 g/mol. The van der Waals surface area contributed by atoms with Gasteiger partial charge in [-0.15, -0.1) is 0 Å². The van der Waals surface area contributed by atoms with Crippen molar-refractivity contribution in [3.05, 3.63) is 24.3 Å². The molecule has 0 spiro atoms. The highest BCUT2D eigenvalue weighted by Crippen LogP contribution is 2.24. The van der Waals surface area contributed by atoms with Crippen molar-refractivity contribution in [1.82, 2.24) is 0 Å². The number of rotatable bonds is 6. The molecule has 3 nitrogen and oxygen atoms in total. The van der Waals surface area contributed by atoms with E-state index in [1.807, 2.05) is 37.1 Å². The monoisotopic (exact) mass is 209 g/mol. The maximum Gasteiger partial charge on any atom is 0.138 e. The van der Waals surface area contributed by atoms with Gasteiger partial charge in [0, 0.05) is 26.8 Å². The largest absolute Gasteiger partial charge is 0.506 e. The number of ether oxygens (including phenoxy) is 1. The molecule has 0 unspecified atom stereocenters. The van der Waals surface area contributed by atoms with Gasteiger partial charge >= 0.3 is 0 Å². The molecule has 0 aromatic heterocycles. The molecule has 15 heavy (non-hydrogen) atoms. The standard InChI is InChI=1S/C12H19NO2/c1-3-15-10-6-9-13(2)11-7-4-5-8-12(11)14/h4-5,7-8,14H,3,6,9-10H2,1-2H3. The van der Waals surface area contributed by atoms with Crippen LogP contribution in [0.3, 0.4) is 0 Å². The van der Waals surface area contributed by atoms with Crippen LogP contribution in [0.5, 0.6) is 5.75 Å². The van der Waals surface area contributed by atoms with Crippen LogP contribution in [0.25, 0.3) is 0 Å². The van der Waals surface area contributed by atoms with Crippen molar-refractivity contribution < 1.29 is 9.84 Å². The fourth-order valence-electron chi connectivity index (χ4n) is 1.46. The van der Waals surface area contributed by atoms with Crippen molar-refractivity contribution >= 4 is 5.69 Å². The van der Waals surface area contributed by atoms with E-state index in [-0.39, 0.29) is 0 Å². The van der Waals surface area contributed by atoms with Crippen LogP contribution in [-0.2, 0) is 4.74 Å². The van der Waals surface area contributed by atoms with Gasteiger partial charge in [0.05, 0.1) is 5.69 Å². The smallest absolute Gasteiger partial charge is 0.138 e. The number of anilines is 1. The van der Waals surface area contributed by atoms with Crippen molar-refractivity contribution in [3.8, 4) is 5.75 Å². The normalized spacial score (nSPS) is 10.3. The summed E-state index contributed by atoms with van der Waals surface area (Å²) in [6.45, 7) is 4.42. The van der Waals surface area contributed by atoms with E-state index in [0.717, 1.165) is 31.9 Å². The minimum Gasteiger partial charge on any atom is -0.506 e. The van der Waals surface area contributed by atoms with Gasteiger partial charge in [0.15, 0.2) is 0 Å². The average Bonchev–Trinajstić information content (AvgIpc) is 2.25. The molecule has 0 saturated carbocycles. The second-order valence-corrected chi connectivity index (χ2v) is 3.46. The van der Waals surface area contributed by atoms with Crippen molar-refractivity contribution in [2.75, 3.05) is 31.7 Å². The highest BCUT2D eigenvalue weighted by atomic mass is 16.5. The van der Waals surface area contributed by atoms with Gasteiger partial charge in [-0.1, -0.05) is 12.1 Å². The van der Waals surface area contributed by atoms with Crippen LogP contribution in [0, 0.1) is 0 Å². The van der Waals surface area contributed by atoms with Crippen LogP contribution < -0.4 is 4.90 Å². The first-order valence-corrected chi connectivity index (χ1v) is 5.32. The summed E-state index contributed by atoms with van der Waals surface area (Å²) in [5.74, 6) is 0.330. The summed E-state index contributed by atoms with van der Waals surface area (Å²) in [5, 5.41) is 9.61. The number of phenolic OH excluding ortho intramolecular Hbond substituents is 1. The maximum absolute atomic E-state index is 9.61. The van der Waals surface area contributed by atoms with E-state index in [0.29, 0.717) is 5.75 Å². The van der Waals surface area contributed by atoms with Gasteiger partial charge in [0.1, 0.15) is 5.75 Å². The highest BCUT2D eigenvalue weighted by Gasteiger charge is 2.04. The first kappa shape index (κ1) is 11.9. The Morgan fingerprint density at radius 3 is 2.73 bits per heavy atom. The van der Waals surface area contributed by atoms with Gasteiger partial charge in [-0.2, -0.15) is 0 Å². The Morgan fingerprint density at radius 2 is 2.07 bits per heavy atom. The lowest BCUT2D eigenvalue weighted by Crippen LogP contribution is -2.19. The summed E-state index contributed by atoms with van der Waals surface area (Å²) in [5.41, 5.74) is 0.869. The van der Waals surface area contributed by atoms with Crippen LogP contribution in [-0.4, -0.2) is 31.9 Å². The number of phenols is 1. The van der Waals surface area contributed by atoms with E-state index >= 15 is 0 Å². The van der Waals surface area contributed by atoms with E-state index in [2.05, 4.69) is 0 Å². The third-order valence-corrected chi connectivity index (χ3v) is 2.28. The first-order valence-electron chi connectivity index (χ1n) is 5.32. The predicted octanol–water partition coefficient (Wildman–Crippen LogP) is 2.26. The van der Waals surface area contributed by atoms with E-state index in [1.54, 1.807) is 6.07 Å². The highest BCUT2D eigenvalue weighted by molar-refractivity contribution is 5.56. The van der Waals surface area contributed by atoms with Crippen molar-refractivity contribution in [3.63, 3.8) is 0 Å². The molecule has 1 aromatic carbocycles. The van der Waals surface area contributed by atoms with Gasteiger partial charge in [-0.3, -0.25) is 0 Å². The molecule has 84 valence electrons. The topological polar surface area (TPSA) is 32.7 Å².